The molecule has 0 amide bonds. The van der Waals surface area contributed by atoms with Gasteiger partial charge >= 0.3 is 5.97 Å². The van der Waals surface area contributed by atoms with E-state index in [0.29, 0.717) is 0 Å². The molecule has 0 saturated heterocycles. The summed E-state index contributed by atoms with van der Waals surface area (Å²) < 4.78 is 4.72. The Morgan fingerprint density at radius 2 is 1.94 bits per heavy atom. The van der Waals surface area contributed by atoms with Gasteiger partial charge in [-0.25, -0.2) is 0 Å². The Hall–Kier alpha value is -1.16. The summed E-state index contributed by atoms with van der Waals surface area (Å²) in [5.74, 6) is 0.0645. The molecule has 0 atom stereocenters. The number of carboxylic acids is 1. The lowest BCUT2D eigenvalue weighted by molar-refractivity contribution is -0.142. The summed E-state index contributed by atoms with van der Waals surface area (Å²) in [6.07, 6.45) is 2.47. The highest BCUT2D eigenvalue weighted by molar-refractivity contribution is 8.01. The molecule has 18 heavy (non-hydrogen) atoms. The minimum absolute atomic E-state index is 0.644. The van der Waals surface area contributed by atoms with Gasteiger partial charge in [-0.3, -0.25) is 4.79 Å². The Balaban J connectivity index is 2.33. The number of carboxylic acid groups (broad SMARTS) is 1. The standard InChI is InChI=1S/C14H18O3S/c1-9-7-11(17-3)12(8-10(9)2)18-14(13(15)16)5-4-6-14/h7-8H,4-6H2,1-3H3,(H,15,16). The zero-order chi connectivity index (χ0) is 13.3. The zero-order valence-electron chi connectivity index (χ0n) is 10.9. The van der Waals surface area contributed by atoms with Crippen molar-refractivity contribution in [3.05, 3.63) is 23.3 Å². The fourth-order valence-corrected chi connectivity index (χ4v) is 3.55. The summed E-state index contributed by atoms with van der Waals surface area (Å²) in [7, 11) is 1.63. The molecule has 1 saturated carbocycles. The third-order valence-electron chi connectivity index (χ3n) is 3.64. The summed E-state index contributed by atoms with van der Waals surface area (Å²) >= 11 is 1.44. The van der Waals surface area contributed by atoms with Crippen molar-refractivity contribution in [3.8, 4) is 5.75 Å². The molecule has 0 aliphatic heterocycles. The molecular weight excluding hydrogens is 248 g/mol. The van der Waals surface area contributed by atoms with Crippen LogP contribution in [0.2, 0.25) is 0 Å². The quantitative estimate of drug-likeness (QED) is 0.907. The van der Waals surface area contributed by atoms with Gasteiger partial charge in [-0.2, -0.15) is 0 Å². The van der Waals surface area contributed by atoms with Gasteiger partial charge in [-0.05, 0) is 56.4 Å². The van der Waals surface area contributed by atoms with Crippen molar-refractivity contribution in [3.63, 3.8) is 0 Å². The molecule has 0 bridgehead atoms. The number of hydrogen-bond acceptors (Lipinski definition) is 3. The highest BCUT2D eigenvalue weighted by atomic mass is 32.2. The van der Waals surface area contributed by atoms with Crippen molar-refractivity contribution in [1.29, 1.82) is 0 Å². The third-order valence-corrected chi connectivity index (χ3v) is 5.15. The monoisotopic (exact) mass is 266 g/mol. The number of methoxy groups -OCH3 is 1. The number of benzene rings is 1. The fraction of sp³-hybridized carbons (Fsp3) is 0.500. The SMILES string of the molecule is COc1cc(C)c(C)cc1SC1(C(=O)O)CCC1. The number of hydrogen-bond donors (Lipinski definition) is 1. The second kappa shape index (κ2) is 4.84. The van der Waals surface area contributed by atoms with E-state index < -0.39 is 10.7 Å². The van der Waals surface area contributed by atoms with Gasteiger partial charge in [0, 0.05) is 0 Å². The van der Waals surface area contributed by atoms with Crippen LogP contribution < -0.4 is 4.74 Å². The van der Waals surface area contributed by atoms with Crippen LogP contribution in [-0.4, -0.2) is 22.9 Å². The smallest absolute Gasteiger partial charge is 0.320 e. The maximum Gasteiger partial charge on any atom is 0.320 e. The first-order chi connectivity index (χ1) is 8.48. The van der Waals surface area contributed by atoms with Crippen LogP contribution >= 0.6 is 11.8 Å². The van der Waals surface area contributed by atoms with Gasteiger partial charge in [0.25, 0.3) is 0 Å². The van der Waals surface area contributed by atoms with Gasteiger partial charge in [0.1, 0.15) is 10.5 Å². The van der Waals surface area contributed by atoms with Crippen LogP contribution in [0.5, 0.6) is 5.75 Å². The Bertz CT molecular complexity index is 478. The molecule has 1 fully saturated rings. The lowest BCUT2D eigenvalue weighted by atomic mass is 9.84. The lowest BCUT2D eigenvalue weighted by Crippen LogP contribution is -2.41. The number of aliphatic carboxylic acids is 1. The maximum atomic E-state index is 11.4. The third kappa shape index (κ3) is 2.21. The number of carbonyl (C=O) groups is 1. The van der Waals surface area contributed by atoms with Crippen molar-refractivity contribution in [1.82, 2.24) is 0 Å². The Morgan fingerprint density at radius 3 is 2.39 bits per heavy atom. The van der Waals surface area contributed by atoms with Crippen molar-refractivity contribution in [2.75, 3.05) is 7.11 Å². The fourth-order valence-electron chi connectivity index (χ4n) is 2.07. The molecule has 0 unspecified atom stereocenters. The van der Waals surface area contributed by atoms with Crippen LogP contribution in [0.1, 0.15) is 30.4 Å². The van der Waals surface area contributed by atoms with E-state index in [0.717, 1.165) is 41.0 Å². The molecule has 4 heteroatoms. The first-order valence-corrected chi connectivity index (χ1v) is 6.88. The zero-order valence-corrected chi connectivity index (χ0v) is 11.8. The van der Waals surface area contributed by atoms with Crippen LogP contribution in [-0.2, 0) is 4.79 Å². The Kier molecular flexibility index (Phi) is 3.57. The number of rotatable bonds is 4. The molecule has 1 aliphatic carbocycles. The molecule has 0 radical (unpaired) electrons. The molecule has 1 aromatic rings. The minimum atomic E-state index is -0.709. The molecular formula is C14H18O3S. The van der Waals surface area contributed by atoms with Gasteiger partial charge in [0.2, 0.25) is 0 Å². The van der Waals surface area contributed by atoms with Gasteiger partial charge in [-0.1, -0.05) is 0 Å². The lowest BCUT2D eigenvalue weighted by Gasteiger charge is -2.37. The molecule has 0 heterocycles. The Morgan fingerprint density at radius 1 is 1.33 bits per heavy atom. The minimum Gasteiger partial charge on any atom is -0.496 e. The van der Waals surface area contributed by atoms with E-state index >= 15 is 0 Å². The second-order valence-corrected chi connectivity index (χ2v) is 6.27. The van der Waals surface area contributed by atoms with Crippen LogP contribution in [0, 0.1) is 13.8 Å². The summed E-state index contributed by atoms with van der Waals surface area (Å²) in [4.78, 5) is 12.3. The second-order valence-electron chi connectivity index (χ2n) is 4.84. The molecule has 98 valence electrons. The van der Waals surface area contributed by atoms with E-state index in [1.54, 1.807) is 7.11 Å². The average Bonchev–Trinajstić information content (AvgIpc) is 2.27. The predicted molar refractivity (Wildman–Crippen MR) is 72.5 cm³/mol. The van der Waals surface area contributed by atoms with E-state index in [-0.39, 0.29) is 0 Å². The highest BCUT2D eigenvalue weighted by Crippen LogP contribution is 2.50. The normalized spacial score (nSPS) is 17.1. The van der Waals surface area contributed by atoms with E-state index in [1.165, 1.54) is 11.8 Å². The first kappa shape index (κ1) is 13.3. The summed E-state index contributed by atoms with van der Waals surface area (Å²) in [5.41, 5.74) is 2.33. The van der Waals surface area contributed by atoms with E-state index in [2.05, 4.69) is 0 Å². The highest BCUT2D eigenvalue weighted by Gasteiger charge is 2.46. The van der Waals surface area contributed by atoms with Crippen molar-refractivity contribution in [2.24, 2.45) is 0 Å². The molecule has 1 aromatic carbocycles. The van der Waals surface area contributed by atoms with Crippen molar-refractivity contribution < 1.29 is 14.6 Å². The summed E-state index contributed by atoms with van der Waals surface area (Å²) in [6, 6.07) is 4.01. The van der Waals surface area contributed by atoms with E-state index in [4.69, 9.17) is 4.74 Å². The number of ether oxygens (including phenoxy) is 1. The molecule has 2 rings (SSSR count). The summed E-state index contributed by atoms with van der Waals surface area (Å²) in [6.45, 7) is 4.07. The van der Waals surface area contributed by atoms with Crippen molar-refractivity contribution >= 4 is 17.7 Å². The molecule has 3 nitrogen and oxygen atoms in total. The average molecular weight is 266 g/mol. The molecule has 0 aromatic heterocycles. The van der Waals surface area contributed by atoms with Crippen LogP contribution in [0.25, 0.3) is 0 Å². The van der Waals surface area contributed by atoms with Gasteiger partial charge in [0.05, 0.1) is 12.0 Å². The summed E-state index contributed by atoms with van der Waals surface area (Å²) in [5, 5.41) is 9.37. The molecule has 1 aliphatic rings. The molecule has 1 N–H and O–H groups in total. The van der Waals surface area contributed by atoms with Gasteiger partial charge in [0.15, 0.2) is 0 Å². The first-order valence-electron chi connectivity index (χ1n) is 6.06. The van der Waals surface area contributed by atoms with Crippen LogP contribution in [0.3, 0.4) is 0 Å². The largest absolute Gasteiger partial charge is 0.496 e. The maximum absolute atomic E-state index is 11.4. The van der Waals surface area contributed by atoms with Crippen LogP contribution in [0.4, 0.5) is 0 Å². The number of aryl methyl sites for hydroxylation is 2. The van der Waals surface area contributed by atoms with Gasteiger partial charge in [-0.15, -0.1) is 11.8 Å². The Labute approximate surface area is 112 Å². The predicted octanol–water partition coefficient (Wildman–Crippen LogP) is 3.41. The van der Waals surface area contributed by atoms with E-state index in [1.807, 2.05) is 26.0 Å². The topological polar surface area (TPSA) is 46.5 Å². The number of thioether (sulfide) groups is 1. The van der Waals surface area contributed by atoms with E-state index in [9.17, 15) is 9.90 Å². The van der Waals surface area contributed by atoms with Gasteiger partial charge < -0.3 is 9.84 Å². The molecule has 0 spiro atoms. The van der Waals surface area contributed by atoms with Crippen LogP contribution in [0.15, 0.2) is 17.0 Å². The van der Waals surface area contributed by atoms with Crippen molar-refractivity contribution in [2.45, 2.75) is 42.8 Å².